The van der Waals surface area contributed by atoms with Crippen LogP contribution in [0, 0.1) is 18.6 Å². The van der Waals surface area contributed by atoms with Gasteiger partial charge in [0.25, 0.3) is 0 Å². The zero-order chi connectivity index (χ0) is 14.5. The molecule has 0 radical (unpaired) electrons. The normalized spacial score (nSPS) is 12.4. The molecule has 20 heavy (non-hydrogen) atoms. The molecule has 0 amide bonds. The summed E-state index contributed by atoms with van der Waals surface area (Å²) in [6.07, 6.45) is 1.55. The van der Waals surface area contributed by atoms with Crippen molar-refractivity contribution in [2.24, 2.45) is 0 Å². The molecule has 0 saturated heterocycles. The highest BCUT2D eigenvalue weighted by Crippen LogP contribution is 2.24. The van der Waals surface area contributed by atoms with Gasteiger partial charge in [-0.05, 0) is 44.0 Å². The number of nitrogens with one attached hydrogen (secondary N) is 1. The third kappa shape index (κ3) is 3.23. The number of hydrogen-bond donors (Lipinski definition) is 1. The standard InChI is InChI=1S/C17H19F2N/c1-12-6-3-4-7-13(12)10-11-16(20-2)14-8-5-9-15(18)17(14)19/h3-9,16,20H,10-11H2,1-2H3. The highest BCUT2D eigenvalue weighted by atomic mass is 19.2. The minimum absolute atomic E-state index is 0.190. The summed E-state index contributed by atoms with van der Waals surface area (Å²) in [6, 6.07) is 12.3. The molecular formula is C17H19F2N. The van der Waals surface area contributed by atoms with Crippen LogP contribution in [0.3, 0.4) is 0 Å². The molecule has 0 heterocycles. The summed E-state index contributed by atoms with van der Waals surface area (Å²) in [5.41, 5.74) is 2.85. The van der Waals surface area contributed by atoms with Crippen molar-refractivity contribution in [2.45, 2.75) is 25.8 Å². The Hall–Kier alpha value is -1.74. The van der Waals surface area contributed by atoms with Crippen molar-refractivity contribution in [3.8, 4) is 0 Å². The van der Waals surface area contributed by atoms with Gasteiger partial charge in [0.05, 0.1) is 0 Å². The van der Waals surface area contributed by atoms with Crippen LogP contribution in [0.5, 0.6) is 0 Å². The van der Waals surface area contributed by atoms with Crippen molar-refractivity contribution in [3.05, 3.63) is 70.8 Å². The summed E-state index contributed by atoms with van der Waals surface area (Å²) in [5.74, 6) is -1.55. The van der Waals surface area contributed by atoms with Crippen LogP contribution >= 0.6 is 0 Å². The van der Waals surface area contributed by atoms with Gasteiger partial charge < -0.3 is 5.32 Å². The molecule has 1 atom stereocenters. The van der Waals surface area contributed by atoms with Gasteiger partial charge in [-0.25, -0.2) is 8.78 Å². The van der Waals surface area contributed by atoms with Gasteiger partial charge in [0.1, 0.15) is 0 Å². The molecule has 0 spiro atoms. The van der Waals surface area contributed by atoms with Crippen LogP contribution < -0.4 is 5.32 Å². The molecule has 0 aromatic heterocycles. The van der Waals surface area contributed by atoms with Gasteiger partial charge in [-0.1, -0.05) is 36.4 Å². The summed E-state index contributed by atoms with van der Waals surface area (Å²) >= 11 is 0. The predicted molar refractivity (Wildman–Crippen MR) is 77.7 cm³/mol. The van der Waals surface area contributed by atoms with E-state index in [0.29, 0.717) is 5.56 Å². The summed E-state index contributed by atoms with van der Waals surface area (Å²) in [4.78, 5) is 0. The first-order valence-electron chi connectivity index (χ1n) is 6.79. The Kier molecular flexibility index (Phi) is 4.85. The first-order valence-corrected chi connectivity index (χ1v) is 6.79. The van der Waals surface area contributed by atoms with Gasteiger partial charge in [0.15, 0.2) is 11.6 Å². The van der Waals surface area contributed by atoms with E-state index in [4.69, 9.17) is 0 Å². The lowest BCUT2D eigenvalue weighted by Gasteiger charge is -2.18. The Morgan fingerprint density at radius 3 is 2.50 bits per heavy atom. The Labute approximate surface area is 118 Å². The van der Waals surface area contributed by atoms with E-state index < -0.39 is 11.6 Å². The molecule has 0 fully saturated rings. The summed E-state index contributed by atoms with van der Waals surface area (Å²) in [5, 5.41) is 3.07. The van der Waals surface area contributed by atoms with Gasteiger partial charge in [-0.3, -0.25) is 0 Å². The molecule has 1 nitrogen and oxygen atoms in total. The number of rotatable bonds is 5. The second-order valence-corrected chi connectivity index (χ2v) is 4.95. The fourth-order valence-corrected chi connectivity index (χ4v) is 2.44. The monoisotopic (exact) mass is 275 g/mol. The van der Waals surface area contributed by atoms with E-state index in [0.717, 1.165) is 18.9 Å². The minimum atomic E-state index is -0.793. The van der Waals surface area contributed by atoms with E-state index in [-0.39, 0.29) is 6.04 Å². The van der Waals surface area contributed by atoms with Crippen LogP contribution in [0.15, 0.2) is 42.5 Å². The molecule has 3 heteroatoms. The Balaban J connectivity index is 2.14. The summed E-state index contributed by atoms with van der Waals surface area (Å²) in [6.45, 7) is 2.06. The average molecular weight is 275 g/mol. The van der Waals surface area contributed by atoms with E-state index in [1.54, 1.807) is 19.2 Å². The molecule has 106 valence electrons. The first-order chi connectivity index (χ1) is 9.63. The van der Waals surface area contributed by atoms with Crippen molar-refractivity contribution in [2.75, 3.05) is 7.05 Å². The zero-order valence-corrected chi connectivity index (χ0v) is 11.8. The average Bonchev–Trinajstić information content (AvgIpc) is 2.45. The van der Waals surface area contributed by atoms with E-state index in [9.17, 15) is 8.78 Å². The van der Waals surface area contributed by atoms with Crippen LogP contribution in [0.25, 0.3) is 0 Å². The second-order valence-electron chi connectivity index (χ2n) is 4.95. The molecule has 2 aromatic carbocycles. The molecular weight excluding hydrogens is 256 g/mol. The van der Waals surface area contributed by atoms with E-state index in [2.05, 4.69) is 24.4 Å². The maximum absolute atomic E-state index is 13.8. The van der Waals surface area contributed by atoms with Crippen LogP contribution in [0.2, 0.25) is 0 Å². The fourth-order valence-electron chi connectivity index (χ4n) is 2.44. The molecule has 0 aliphatic rings. The molecule has 2 rings (SSSR count). The molecule has 0 saturated carbocycles. The molecule has 0 aliphatic carbocycles. The van der Waals surface area contributed by atoms with Crippen LogP contribution in [-0.2, 0) is 6.42 Å². The molecule has 0 bridgehead atoms. The SMILES string of the molecule is CNC(CCc1ccccc1C)c1cccc(F)c1F. The van der Waals surface area contributed by atoms with Crippen molar-refractivity contribution in [1.82, 2.24) is 5.32 Å². The molecule has 1 N–H and O–H groups in total. The Morgan fingerprint density at radius 1 is 1.05 bits per heavy atom. The quantitative estimate of drug-likeness (QED) is 0.863. The van der Waals surface area contributed by atoms with Gasteiger partial charge in [0, 0.05) is 11.6 Å². The van der Waals surface area contributed by atoms with Crippen molar-refractivity contribution < 1.29 is 8.78 Å². The van der Waals surface area contributed by atoms with E-state index in [1.165, 1.54) is 11.1 Å². The maximum Gasteiger partial charge on any atom is 0.163 e. The Morgan fingerprint density at radius 2 is 1.80 bits per heavy atom. The zero-order valence-electron chi connectivity index (χ0n) is 11.8. The third-order valence-electron chi connectivity index (χ3n) is 3.67. The number of benzene rings is 2. The second kappa shape index (κ2) is 6.62. The number of aryl methyl sites for hydroxylation is 2. The predicted octanol–water partition coefficient (Wildman–Crippen LogP) is 4.17. The van der Waals surface area contributed by atoms with E-state index >= 15 is 0 Å². The fraction of sp³-hybridized carbons (Fsp3) is 0.294. The molecule has 0 aliphatic heterocycles. The van der Waals surface area contributed by atoms with Crippen molar-refractivity contribution in [1.29, 1.82) is 0 Å². The third-order valence-corrected chi connectivity index (χ3v) is 3.67. The first kappa shape index (κ1) is 14.7. The lowest BCUT2D eigenvalue weighted by molar-refractivity contribution is 0.463. The minimum Gasteiger partial charge on any atom is -0.313 e. The largest absolute Gasteiger partial charge is 0.313 e. The van der Waals surface area contributed by atoms with Crippen LogP contribution in [0.1, 0.15) is 29.2 Å². The maximum atomic E-state index is 13.8. The summed E-state index contributed by atoms with van der Waals surface area (Å²) in [7, 11) is 1.77. The smallest absolute Gasteiger partial charge is 0.163 e. The van der Waals surface area contributed by atoms with Gasteiger partial charge in [0.2, 0.25) is 0 Å². The number of halogens is 2. The van der Waals surface area contributed by atoms with Gasteiger partial charge >= 0.3 is 0 Å². The number of hydrogen-bond acceptors (Lipinski definition) is 1. The highest BCUT2D eigenvalue weighted by molar-refractivity contribution is 5.27. The summed E-state index contributed by atoms with van der Waals surface area (Å²) < 4.78 is 27.1. The van der Waals surface area contributed by atoms with E-state index in [1.807, 2.05) is 12.1 Å². The van der Waals surface area contributed by atoms with Crippen molar-refractivity contribution in [3.63, 3.8) is 0 Å². The lowest BCUT2D eigenvalue weighted by atomic mass is 9.96. The highest BCUT2D eigenvalue weighted by Gasteiger charge is 2.16. The topological polar surface area (TPSA) is 12.0 Å². The lowest BCUT2D eigenvalue weighted by Crippen LogP contribution is -2.19. The van der Waals surface area contributed by atoms with Crippen molar-refractivity contribution >= 4 is 0 Å². The van der Waals surface area contributed by atoms with Crippen LogP contribution in [-0.4, -0.2) is 7.05 Å². The van der Waals surface area contributed by atoms with Crippen LogP contribution in [0.4, 0.5) is 8.78 Å². The van der Waals surface area contributed by atoms with Gasteiger partial charge in [-0.15, -0.1) is 0 Å². The molecule has 2 aromatic rings. The Bertz CT molecular complexity index is 581. The van der Waals surface area contributed by atoms with Gasteiger partial charge in [-0.2, -0.15) is 0 Å². The molecule has 1 unspecified atom stereocenters.